The largest absolute Gasteiger partial charge is 0.480 e. The van der Waals surface area contributed by atoms with Crippen LogP contribution in [0, 0.1) is 9.49 Å². The molecule has 1 amide bonds. The minimum atomic E-state index is -0.941. The Hall–Kier alpha value is -0.280. The third kappa shape index (κ3) is 3.56. The van der Waals surface area contributed by atoms with E-state index in [1.807, 2.05) is 26.0 Å². The van der Waals surface area contributed by atoms with Crippen LogP contribution in [0.15, 0.2) is 22.7 Å². The number of carboxylic acid groups (broad SMARTS) is 1. The number of aliphatic carboxylic acids is 1. The normalized spacial score (nSPS) is 21.9. The molecular weight excluding hydrogens is 469 g/mol. The summed E-state index contributed by atoms with van der Waals surface area (Å²) in [6.45, 7) is 4.02. The first-order chi connectivity index (χ1) is 9.82. The second kappa shape index (κ2) is 6.87. The Morgan fingerprint density at radius 1 is 1.48 bits per heavy atom. The zero-order valence-electron chi connectivity index (χ0n) is 11.5. The minimum absolute atomic E-state index is 0.103. The standard InChI is InChI=1S/C14H15BrINO3S/c1-7(2)13-17(11(6-21-13)14(19)20)12(18)9-5-8(15)3-4-10(9)16/h3-5,7,11,13H,6H2,1-2H3,(H,19,20). The Kier molecular flexibility index (Phi) is 5.59. The topological polar surface area (TPSA) is 57.6 Å². The lowest BCUT2D eigenvalue weighted by Crippen LogP contribution is -2.47. The molecular formula is C14H15BrINO3S. The maximum atomic E-state index is 12.9. The highest BCUT2D eigenvalue weighted by atomic mass is 127. The number of rotatable bonds is 3. The maximum Gasteiger partial charge on any atom is 0.327 e. The molecule has 1 saturated heterocycles. The number of carbonyl (C=O) groups is 2. The fourth-order valence-electron chi connectivity index (χ4n) is 2.29. The predicted molar refractivity (Wildman–Crippen MR) is 95.5 cm³/mol. The lowest BCUT2D eigenvalue weighted by Gasteiger charge is -2.30. The molecule has 1 N–H and O–H groups in total. The van der Waals surface area contributed by atoms with Crippen molar-refractivity contribution in [1.82, 2.24) is 4.90 Å². The molecule has 2 atom stereocenters. The van der Waals surface area contributed by atoms with E-state index in [2.05, 4.69) is 38.5 Å². The lowest BCUT2D eigenvalue weighted by molar-refractivity contribution is -0.141. The minimum Gasteiger partial charge on any atom is -0.480 e. The lowest BCUT2D eigenvalue weighted by atomic mass is 10.1. The Balaban J connectivity index is 2.41. The maximum absolute atomic E-state index is 12.9. The van der Waals surface area contributed by atoms with E-state index in [0.717, 1.165) is 8.04 Å². The molecule has 0 saturated carbocycles. The van der Waals surface area contributed by atoms with Crippen molar-refractivity contribution in [3.05, 3.63) is 31.8 Å². The van der Waals surface area contributed by atoms with Crippen molar-refractivity contribution in [2.24, 2.45) is 5.92 Å². The summed E-state index contributed by atoms with van der Waals surface area (Å²) < 4.78 is 1.63. The van der Waals surface area contributed by atoms with Gasteiger partial charge in [0.15, 0.2) is 0 Å². The number of hydrogen-bond acceptors (Lipinski definition) is 3. The number of carbonyl (C=O) groups excluding carboxylic acids is 1. The van der Waals surface area contributed by atoms with Crippen LogP contribution in [-0.4, -0.2) is 39.1 Å². The average molecular weight is 484 g/mol. The van der Waals surface area contributed by atoms with Gasteiger partial charge in [-0.2, -0.15) is 0 Å². The average Bonchev–Trinajstić information content (AvgIpc) is 2.85. The van der Waals surface area contributed by atoms with E-state index in [1.165, 1.54) is 16.7 Å². The quantitative estimate of drug-likeness (QED) is 0.666. The Labute approximate surface area is 149 Å². The smallest absolute Gasteiger partial charge is 0.327 e. The third-order valence-corrected chi connectivity index (χ3v) is 6.34. The van der Waals surface area contributed by atoms with Gasteiger partial charge in [-0.3, -0.25) is 4.79 Å². The number of carboxylic acids is 1. The van der Waals surface area contributed by atoms with Crippen LogP contribution in [0.25, 0.3) is 0 Å². The number of amides is 1. The molecule has 2 rings (SSSR count). The van der Waals surface area contributed by atoms with Gasteiger partial charge in [-0.15, -0.1) is 11.8 Å². The Morgan fingerprint density at radius 2 is 2.14 bits per heavy atom. The summed E-state index contributed by atoms with van der Waals surface area (Å²) in [4.78, 5) is 25.9. The number of benzene rings is 1. The summed E-state index contributed by atoms with van der Waals surface area (Å²) >= 11 is 7.01. The van der Waals surface area contributed by atoms with E-state index in [0.29, 0.717) is 11.3 Å². The van der Waals surface area contributed by atoms with E-state index in [9.17, 15) is 14.7 Å². The van der Waals surface area contributed by atoms with Crippen molar-refractivity contribution in [2.75, 3.05) is 5.75 Å². The SMILES string of the molecule is CC(C)C1SCC(C(=O)O)N1C(=O)c1cc(Br)ccc1I. The molecule has 7 heteroatoms. The highest BCUT2D eigenvalue weighted by Gasteiger charge is 2.43. The molecule has 2 unspecified atom stereocenters. The zero-order chi connectivity index (χ0) is 15.7. The summed E-state index contributed by atoms with van der Waals surface area (Å²) in [5.41, 5.74) is 0.546. The van der Waals surface area contributed by atoms with Crippen LogP contribution in [-0.2, 0) is 4.79 Å². The van der Waals surface area contributed by atoms with Crippen LogP contribution in [0.3, 0.4) is 0 Å². The van der Waals surface area contributed by atoms with Crippen molar-refractivity contribution in [1.29, 1.82) is 0 Å². The van der Waals surface area contributed by atoms with Gasteiger partial charge in [0, 0.05) is 13.8 Å². The first-order valence-electron chi connectivity index (χ1n) is 6.45. The van der Waals surface area contributed by atoms with Crippen LogP contribution in [0.5, 0.6) is 0 Å². The van der Waals surface area contributed by atoms with Crippen LogP contribution in [0.1, 0.15) is 24.2 Å². The molecule has 1 aromatic rings. The van der Waals surface area contributed by atoms with Crippen molar-refractivity contribution < 1.29 is 14.7 Å². The summed E-state index contributed by atoms with van der Waals surface area (Å²) in [6, 6.07) is 4.71. The van der Waals surface area contributed by atoms with E-state index in [4.69, 9.17) is 0 Å². The van der Waals surface area contributed by atoms with Gasteiger partial charge in [0.05, 0.1) is 10.9 Å². The number of halogens is 2. The van der Waals surface area contributed by atoms with Gasteiger partial charge in [-0.1, -0.05) is 29.8 Å². The molecule has 4 nitrogen and oxygen atoms in total. The fraction of sp³-hybridized carbons (Fsp3) is 0.429. The summed E-state index contributed by atoms with van der Waals surface area (Å²) in [6.07, 6.45) is 0. The number of nitrogens with zero attached hydrogens (tertiary/aromatic N) is 1. The van der Waals surface area contributed by atoms with Gasteiger partial charge in [0.1, 0.15) is 6.04 Å². The summed E-state index contributed by atoms with van der Waals surface area (Å²) in [7, 11) is 0. The molecule has 0 spiro atoms. The van der Waals surface area contributed by atoms with Crippen molar-refractivity contribution >= 4 is 62.2 Å². The van der Waals surface area contributed by atoms with Gasteiger partial charge >= 0.3 is 5.97 Å². The molecule has 1 heterocycles. The third-order valence-electron chi connectivity index (χ3n) is 3.28. The van der Waals surface area contributed by atoms with Crippen LogP contribution < -0.4 is 0 Å². The molecule has 1 aliphatic heterocycles. The van der Waals surface area contributed by atoms with Gasteiger partial charge in [-0.25, -0.2) is 4.79 Å². The predicted octanol–water partition coefficient (Wildman–Crippen LogP) is 3.68. The van der Waals surface area contributed by atoms with E-state index in [1.54, 1.807) is 6.07 Å². The molecule has 0 radical (unpaired) electrons. The molecule has 1 aliphatic rings. The summed E-state index contributed by atoms with van der Waals surface area (Å²) in [5, 5.41) is 9.28. The highest BCUT2D eigenvalue weighted by Crippen LogP contribution is 2.36. The second-order valence-corrected chi connectivity index (χ2v) is 8.39. The highest BCUT2D eigenvalue weighted by molar-refractivity contribution is 14.1. The molecule has 1 fully saturated rings. The van der Waals surface area contributed by atoms with Gasteiger partial charge in [-0.05, 0) is 46.7 Å². The Bertz CT molecular complexity index is 581. The second-order valence-electron chi connectivity index (χ2n) is 5.16. The number of hydrogen-bond donors (Lipinski definition) is 1. The van der Waals surface area contributed by atoms with Crippen LogP contribution in [0.2, 0.25) is 0 Å². The summed E-state index contributed by atoms with van der Waals surface area (Å²) in [5.74, 6) is -0.511. The molecule has 0 bridgehead atoms. The molecule has 0 aliphatic carbocycles. The van der Waals surface area contributed by atoms with Crippen molar-refractivity contribution in [3.63, 3.8) is 0 Å². The molecule has 0 aromatic heterocycles. The Morgan fingerprint density at radius 3 is 2.71 bits per heavy atom. The van der Waals surface area contributed by atoms with Gasteiger partial charge < -0.3 is 10.0 Å². The first-order valence-corrected chi connectivity index (χ1v) is 9.37. The molecule has 21 heavy (non-hydrogen) atoms. The van der Waals surface area contributed by atoms with Crippen LogP contribution >= 0.6 is 50.3 Å². The van der Waals surface area contributed by atoms with E-state index in [-0.39, 0.29) is 17.2 Å². The van der Waals surface area contributed by atoms with Gasteiger partial charge in [0.25, 0.3) is 5.91 Å². The first kappa shape index (κ1) is 17.1. The van der Waals surface area contributed by atoms with Crippen molar-refractivity contribution in [2.45, 2.75) is 25.3 Å². The van der Waals surface area contributed by atoms with E-state index < -0.39 is 12.0 Å². The van der Waals surface area contributed by atoms with Crippen molar-refractivity contribution in [3.8, 4) is 0 Å². The molecule has 114 valence electrons. The fourth-order valence-corrected chi connectivity index (χ4v) is 4.69. The van der Waals surface area contributed by atoms with Gasteiger partial charge in [0.2, 0.25) is 0 Å². The molecule has 1 aromatic carbocycles. The van der Waals surface area contributed by atoms with Crippen LogP contribution in [0.4, 0.5) is 0 Å². The zero-order valence-corrected chi connectivity index (χ0v) is 16.1. The number of thioether (sulfide) groups is 1. The monoisotopic (exact) mass is 483 g/mol. The van der Waals surface area contributed by atoms with E-state index >= 15 is 0 Å².